The van der Waals surface area contributed by atoms with Crippen LogP contribution in [0.2, 0.25) is 0 Å². The Balaban J connectivity index is 2.16. The van der Waals surface area contributed by atoms with Gasteiger partial charge in [-0.3, -0.25) is 4.68 Å². The van der Waals surface area contributed by atoms with Crippen LogP contribution in [0.15, 0.2) is 42.7 Å². The Hall–Kier alpha value is -1.81. The lowest BCUT2D eigenvalue weighted by atomic mass is 10.0. The first-order valence-corrected chi connectivity index (χ1v) is 5.53. The lowest BCUT2D eigenvalue weighted by molar-refractivity contribution is 0.115. The standard InChI is InChI=1S/C13H16N2O2/c1-10(15-9-3-8-14-15)13(16)11-4-6-12(17-2)7-5-11/h3-10,13,16H,1-2H3/t10-,13-/m1/s1. The third kappa shape index (κ3) is 2.47. The topological polar surface area (TPSA) is 47.3 Å². The van der Waals surface area contributed by atoms with Crippen LogP contribution in [-0.4, -0.2) is 22.0 Å². The molecule has 17 heavy (non-hydrogen) atoms. The van der Waals surface area contributed by atoms with Gasteiger partial charge in [-0.25, -0.2) is 0 Å². The van der Waals surface area contributed by atoms with Crippen LogP contribution in [0, 0.1) is 0 Å². The van der Waals surface area contributed by atoms with Crippen molar-refractivity contribution in [2.45, 2.75) is 19.1 Å². The van der Waals surface area contributed by atoms with E-state index in [4.69, 9.17) is 4.74 Å². The van der Waals surface area contributed by atoms with Crippen molar-refractivity contribution in [2.24, 2.45) is 0 Å². The summed E-state index contributed by atoms with van der Waals surface area (Å²) in [6, 6.07) is 9.16. The molecule has 90 valence electrons. The molecule has 4 nitrogen and oxygen atoms in total. The van der Waals surface area contributed by atoms with Crippen LogP contribution in [0.1, 0.15) is 24.6 Å². The Kier molecular flexibility index (Phi) is 3.44. The zero-order valence-corrected chi connectivity index (χ0v) is 9.95. The zero-order chi connectivity index (χ0) is 12.3. The molecule has 0 aliphatic heterocycles. The van der Waals surface area contributed by atoms with Gasteiger partial charge in [-0.05, 0) is 30.7 Å². The maximum atomic E-state index is 10.2. The van der Waals surface area contributed by atoms with Gasteiger partial charge in [0, 0.05) is 12.4 Å². The largest absolute Gasteiger partial charge is 0.497 e. The predicted molar refractivity (Wildman–Crippen MR) is 64.9 cm³/mol. The summed E-state index contributed by atoms with van der Waals surface area (Å²) < 4.78 is 6.83. The molecule has 0 spiro atoms. The molecule has 2 atom stereocenters. The number of rotatable bonds is 4. The van der Waals surface area contributed by atoms with E-state index < -0.39 is 6.10 Å². The number of hydrogen-bond acceptors (Lipinski definition) is 3. The minimum atomic E-state index is -0.583. The highest BCUT2D eigenvalue weighted by molar-refractivity contribution is 5.28. The lowest BCUT2D eigenvalue weighted by Gasteiger charge is -2.19. The minimum absolute atomic E-state index is 0.0987. The molecule has 1 heterocycles. The van der Waals surface area contributed by atoms with Gasteiger partial charge in [0.15, 0.2) is 0 Å². The Labute approximate surface area is 100 Å². The highest BCUT2D eigenvalue weighted by Crippen LogP contribution is 2.26. The van der Waals surface area contributed by atoms with Gasteiger partial charge in [0.2, 0.25) is 0 Å². The lowest BCUT2D eigenvalue weighted by Crippen LogP contribution is -2.15. The molecule has 0 bridgehead atoms. The molecule has 0 aliphatic carbocycles. The normalized spacial score (nSPS) is 14.3. The second-order valence-electron chi connectivity index (χ2n) is 3.94. The van der Waals surface area contributed by atoms with E-state index in [1.165, 1.54) is 0 Å². The minimum Gasteiger partial charge on any atom is -0.497 e. The van der Waals surface area contributed by atoms with Crippen molar-refractivity contribution in [3.63, 3.8) is 0 Å². The summed E-state index contributed by atoms with van der Waals surface area (Å²) in [4.78, 5) is 0. The molecule has 0 fully saturated rings. The van der Waals surface area contributed by atoms with Gasteiger partial charge >= 0.3 is 0 Å². The molecular weight excluding hydrogens is 216 g/mol. The molecular formula is C13H16N2O2. The second-order valence-corrected chi connectivity index (χ2v) is 3.94. The highest BCUT2D eigenvalue weighted by Gasteiger charge is 2.17. The van der Waals surface area contributed by atoms with Crippen molar-refractivity contribution in [3.05, 3.63) is 48.3 Å². The number of aliphatic hydroxyl groups is 1. The van der Waals surface area contributed by atoms with E-state index in [9.17, 15) is 5.11 Å². The average Bonchev–Trinajstić information content (AvgIpc) is 2.91. The SMILES string of the molecule is COc1ccc([C@H](O)[C@@H](C)n2cccn2)cc1. The highest BCUT2D eigenvalue weighted by atomic mass is 16.5. The third-order valence-electron chi connectivity index (χ3n) is 2.86. The van der Waals surface area contributed by atoms with Crippen molar-refractivity contribution in [3.8, 4) is 5.75 Å². The van der Waals surface area contributed by atoms with Crippen LogP contribution in [0.5, 0.6) is 5.75 Å². The Bertz CT molecular complexity index is 451. The first kappa shape index (κ1) is 11.7. The number of ether oxygens (including phenoxy) is 1. The fourth-order valence-corrected chi connectivity index (χ4v) is 1.75. The Morgan fingerprint density at radius 3 is 2.53 bits per heavy atom. The average molecular weight is 232 g/mol. The fourth-order valence-electron chi connectivity index (χ4n) is 1.75. The van der Waals surface area contributed by atoms with Gasteiger partial charge in [-0.1, -0.05) is 12.1 Å². The van der Waals surface area contributed by atoms with Crippen molar-refractivity contribution in [2.75, 3.05) is 7.11 Å². The molecule has 2 aromatic rings. The van der Waals surface area contributed by atoms with E-state index in [0.717, 1.165) is 11.3 Å². The summed E-state index contributed by atoms with van der Waals surface area (Å²) in [7, 11) is 1.62. The van der Waals surface area contributed by atoms with E-state index in [1.54, 1.807) is 18.0 Å². The first-order valence-electron chi connectivity index (χ1n) is 5.53. The van der Waals surface area contributed by atoms with Gasteiger partial charge < -0.3 is 9.84 Å². The Morgan fingerprint density at radius 2 is 2.00 bits per heavy atom. The smallest absolute Gasteiger partial charge is 0.118 e. The van der Waals surface area contributed by atoms with Crippen molar-refractivity contribution in [1.82, 2.24) is 9.78 Å². The third-order valence-corrected chi connectivity index (χ3v) is 2.86. The van der Waals surface area contributed by atoms with E-state index in [1.807, 2.05) is 43.5 Å². The summed E-state index contributed by atoms with van der Waals surface area (Å²) >= 11 is 0. The Morgan fingerprint density at radius 1 is 1.29 bits per heavy atom. The quantitative estimate of drug-likeness (QED) is 0.879. The van der Waals surface area contributed by atoms with Gasteiger partial charge in [-0.15, -0.1) is 0 Å². The molecule has 0 radical (unpaired) electrons. The molecule has 1 aromatic carbocycles. The van der Waals surface area contributed by atoms with Crippen LogP contribution in [0.4, 0.5) is 0 Å². The van der Waals surface area contributed by atoms with Crippen LogP contribution in [0.3, 0.4) is 0 Å². The van der Waals surface area contributed by atoms with Gasteiger partial charge in [0.25, 0.3) is 0 Å². The number of hydrogen-bond donors (Lipinski definition) is 1. The summed E-state index contributed by atoms with van der Waals surface area (Å²) in [5, 5.41) is 14.4. The van der Waals surface area contributed by atoms with Gasteiger partial charge in [0.1, 0.15) is 11.9 Å². The van der Waals surface area contributed by atoms with Crippen LogP contribution in [0.25, 0.3) is 0 Å². The zero-order valence-electron chi connectivity index (χ0n) is 9.95. The molecule has 1 N–H and O–H groups in total. The number of nitrogens with zero attached hydrogens (tertiary/aromatic N) is 2. The number of aromatic nitrogens is 2. The maximum absolute atomic E-state index is 10.2. The molecule has 0 amide bonds. The number of aliphatic hydroxyl groups excluding tert-OH is 1. The summed E-state index contributed by atoms with van der Waals surface area (Å²) in [5.74, 6) is 0.785. The summed E-state index contributed by atoms with van der Waals surface area (Å²) in [6.45, 7) is 1.93. The predicted octanol–water partition coefficient (Wildman–Crippen LogP) is 2.19. The number of methoxy groups -OCH3 is 1. The van der Waals surface area contributed by atoms with E-state index in [2.05, 4.69) is 5.10 Å². The van der Waals surface area contributed by atoms with E-state index >= 15 is 0 Å². The molecule has 2 rings (SSSR count). The van der Waals surface area contributed by atoms with Crippen LogP contribution in [-0.2, 0) is 0 Å². The van der Waals surface area contributed by atoms with Crippen molar-refractivity contribution in [1.29, 1.82) is 0 Å². The molecule has 0 saturated heterocycles. The van der Waals surface area contributed by atoms with E-state index in [0.29, 0.717) is 0 Å². The molecule has 4 heteroatoms. The van der Waals surface area contributed by atoms with Crippen LogP contribution >= 0.6 is 0 Å². The maximum Gasteiger partial charge on any atom is 0.118 e. The van der Waals surface area contributed by atoms with Crippen molar-refractivity contribution >= 4 is 0 Å². The van der Waals surface area contributed by atoms with Gasteiger partial charge in [-0.2, -0.15) is 5.10 Å². The molecule has 0 unspecified atom stereocenters. The molecule has 1 aromatic heterocycles. The summed E-state index contributed by atoms with van der Waals surface area (Å²) in [6.07, 6.45) is 2.97. The first-order chi connectivity index (χ1) is 8.22. The second kappa shape index (κ2) is 5.01. The van der Waals surface area contributed by atoms with Crippen LogP contribution < -0.4 is 4.74 Å². The van der Waals surface area contributed by atoms with Gasteiger partial charge in [0.05, 0.1) is 13.2 Å². The van der Waals surface area contributed by atoms with Crippen molar-refractivity contribution < 1.29 is 9.84 Å². The summed E-state index contributed by atoms with van der Waals surface area (Å²) in [5.41, 5.74) is 0.855. The fraction of sp³-hybridized carbons (Fsp3) is 0.308. The van der Waals surface area contributed by atoms with E-state index in [-0.39, 0.29) is 6.04 Å². The monoisotopic (exact) mass is 232 g/mol. The molecule has 0 saturated carbocycles. The number of benzene rings is 1. The molecule has 0 aliphatic rings.